The summed E-state index contributed by atoms with van der Waals surface area (Å²) >= 11 is 0. The second kappa shape index (κ2) is 11.3. The molecule has 1 N–H and O–H groups in total. The molecule has 3 heteroatoms. The summed E-state index contributed by atoms with van der Waals surface area (Å²) in [6.07, 6.45) is 18.4. The highest BCUT2D eigenvalue weighted by atomic mass is 16.5. The molecule has 0 radical (unpaired) electrons. The van der Waals surface area contributed by atoms with Crippen molar-refractivity contribution in [2.75, 3.05) is 0 Å². The standard InChI is InChI=1S/C25H37NO2/c1-20-21-16-15-18-23-25(21)26-22(20)17-13-11-9-7-5-3-2-4-6-8-10-12-14-19-24(27)28-23/h15-16,18,26H,2-14,17,19H2,1H3. The molecule has 0 amide bonds. The zero-order valence-corrected chi connectivity index (χ0v) is 17.7. The van der Waals surface area contributed by atoms with Gasteiger partial charge in [0.25, 0.3) is 0 Å². The summed E-state index contributed by atoms with van der Waals surface area (Å²) in [6.45, 7) is 2.18. The number of carbonyl (C=O) groups excluding carboxylic acids is 1. The molecule has 0 atom stereocenters. The fourth-order valence-electron chi connectivity index (χ4n) is 4.40. The van der Waals surface area contributed by atoms with Gasteiger partial charge in [-0.25, -0.2) is 0 Å². The van der Waals surface area contributed by atoms with Gasteiger partial charge in [-0.2, -0.15) is 0 Å². The normalized spacial score (nSPS) is 19.2. The largest absolute Gasteiger partial charge is 0.424 e. The number of hydrogen-bond acceptors (Lipinski definition) is 2. The van der Waals surface area contributed by atoms with E-state index in [9.17, 15) is 4.79 Å². The zero-order valence-electron chi connectivity index (χ0n) is 17.7. The van der Waals surface area contributed by atoms with Gasteiger partial charge in [-0.1, -0.05) is 82.8 Å². The SMILES string of the molecule is Cc1c2[nH]c3c(cccc13)OC(=O)CCCCCCCCCCCCCCC2. The van der Waals surface area contributed by atoms with Crippen LogP contribution in [-0.4, -0.2) is 11.0 Å². The molecular weight excluding hydrogens is 346 g/mol. The van der Waals surface area contributed by atoms with Crippen LogP contribution < -0.4 is 4.74 Å². The van der Waals surface area contributed by atoms with Crippen molar-refractivity contribution in [1.29, 1.82) is 0 Å². The lowest BCUT2D eigenvalue weighted by Crippen LogP contribution is -2.07. The molecule has 0 saturated heterocycles. The predicted octanol–water partition coefficient (Wildman–Crippen LogP) is 7.40. The van der Waals surface area contributed by atoms with Gasteiger partial charge in [-0.3, -0.25) is 4.79 Å². The lowest BCUT2D eigenvalue weighted by Gasteiger charge is -2.06. The molecule has 0 fully saturated rings. The topological polar surface area (TPSA) is 42.1 Å². The molecule has 28 heavy (non-hydrogen) atoms. The average Bonchev–Trinajstić information content (AvgIpc) is 3.01. The summed E-state index contributed by atoms with van der Waals surface area (Å²) in [7, 11) is 0. The van der Waals surface area contributed by atoms with E-state index in [1.165, 1.54) is 87.3 Å². The van der Waals surface area contributed by atoms with Crippen molar-refractivity contribution in [1.82, 2.24) is 4.98 Å². The highest BCUT2D eigenvalue weighted by Gasteiger charge is 2.14. The first-order chi connectivity index (χ1) is 13.8. The van der Waals surface area contributed by atoms with Gasteiger partial charge in [-0.05, 0) is 37.8 Å². The summed E-state index contributed by atoms with van der Waals surface area (Å²) in [5.74, 6) is 0.579. The Morgan fingerprint density at radius 2 is 1.29 bits per heavy atom. The number of carbonyl (C=O) groups is 1. The van der Waals surface area contributed by atoms with Gasteiger partial charge < -0.3 is 9.72 Å². The Bertz CT molecular complexity index is 746. The first-order valence-electron chi connectivity index (χ1n) is 11.6. The van der Waals surface area contributed by atoms with Crippen LogP contribution in [-0.2, 0) is 11.2 Å². The number of aryl methyl sites for hydroxylation is 2. The van der Waals surface area contributed by atoms with E-state index < -0.39 is 0 Å². The number of para-hydroxylation sites is 1. The van der Waals surface area contributed by atoms with Crippen LogP contribution in [0, 0.1) is 6.92 Å². The van der Waals surface area contributed by atoms with Crippen molar-refractivity contribution in [2.45, 2.75) is 103 Å². The average molecular weight is 384 g/mol. The van der Waals surface area contributed by atoms with Crippen LogP contribution in [0.4, 0.5) is 0 Å². The maximum Gasteiger partial charge on any atom is 0.311 e. The number of esters is 1. The summed E-state index contributed by atoms with van der Waals surface area (Å²) < 4.78 is 5.72. The summed E-state index contributed by atoms with van der Waals surface area (Å²) in [5.41, 5.74) is 3.58. The third-order valence-electron chi connectivity index (χ3n) is 6.19. The van der Waals surface area contributed by atoms with E-state index in [0.29, 0.717) is 12.2 Å². The molecule has 0 saturated carbocycles. The lowest BCUT2D eigenvalue weighted by molar-refractivity contribution is -0.134. The van der Waals surface area contributed by atoms with E-state index >= 15 is 0 Å². The van der Waals surface area contributed by atoms with Crippen molar-refractivity contribution >= 4 is 16.9 Å². The molecule has 3 nitrogen and oxygen atoms in total. The van der Waals surface area contributed by atoms with Crippen molar-refractivity contribution in [3.05, 3.63) is 29.5 Å². The van der Waals surface area contributed by atoms with Crippen molar-refractivity contribution < 1.29 is 9.53 Å². The molecule has 154 valence electrons. The van der Waals surface area contributed by atoms with Gasteiger partial charge in [-0.15, -0.1) is 0 Å². The van der Waals surface area contributed by atoms with Gasteiger partial charge in [0.1, 0.15) is 0 Å². The van der Waals surface area contributed by atoms with Gasteiger partial charge in [0.05, 0.1) is 5.52 Å². The van der Waals surface area contributed by atoms with Crippen LogP contribution in [0.25, 0.3) is 10.9 Å². The van der Waals surface area contributed by atoms with Crippen molar-refractivity contribution in [3.8, 4) is 5.75 Å². The lowest BCUT2D eigenvalue weighted by atomic mass is 10.0. The molecule has 0 spiro atoms. The summed E-state index contributed by atoms with van der Waals surface area (Å²) in [5, 5.41) is 1.18. The van der Waals surface area contributed by atoms with Gasteiger partial charge in [0.2, 0.25) is 0 Å². The van der Waals surface area contributed by atoms with Crippen molar-refractivity contribution in [3.63, 3.8) is 0 Å². The maximum atomic E-state index is 12.3. The first-order valence-corrected chi connectivity index (χ1v) is 11.6. The minimum absolute atomic E-state index is 0.104. The van der Waals surface area contributed by atoms with Crippen LogP contribution in [0.15, 0.2) is 18.2 Å². The van der Waals surface area contributed by atoms with Crippen LogP contribution in [0.1, 0.15) is 101 Å². The zero-order chi connectivity index (χ0) is 19.6. The Hall–Kier alpha value is -1.77. The third kappa shape index (κ3) is 6.12. The Labute approximate surface area is 170 Å². The van der Waals surface area contributed by atoms with E-state index in [0.717, 1.165) is 24.8 Å². The van der Waals surface area contributed by atoms with Crippen LogP contribution in [0.3, 0.4) is 0 Å². The number of aromatic nitrogens is 1. The minimum Gasteiger partial charge on any atom is -0.424 e. The monoisotopic (exact) mass is 383 g/mol. The number of benzene rings is 1. The highest BCUT2D eigenvalue weighted by Crippen LogP contribution is 2.30. The molecule has 1 aliphatic rings. The fourth-order valence-corrected chi connectivity index (χ4v) is 4.40. The Morgan fingerprint density at radius 3 is 1.89 bits per heavy atom. The fraction of sp³-hybridized carbons (Fsp3) is 0.640. The van der Waals surface area contributed by atoms with Crippen LogP contribution in [0.5, 0.6) is 5.75 Å². The minimum atomic E-state index is -0.104. The summed E-state index contributed by atoms with van der Waals surface area (Å²) in [6, 6.07) is 6.03. The van der Waals surface area contributed by atoms with Gasteiger partial charge >= 0.3 is 5.97 Å². The van der Waals surface area contributed by atoms with E-state index in [2.05, 4.69) is 18.0 Å². The van der Waals surface area contributed by atoms with Gasteiger partial charge in [0, 0.05) is 17.5 Å². The number of fused-ring (bicyclic) bond motifs is 1. The first kappa shape index (κ1) is 21.0. The Balaban J connectivity index is 1.66. The van der Waals surface area contributed by atoms with Gasteiger partial charge in [0.15, 0.2) is 5.75 Å². The molecule has 1 aliphatic heterocycles. The number of aromatic amines is 1. The molecule has 2 heterocycles. The Kier molecular flexibility index (Phi) is 8.44. The third-order valence-corrected chi connectivity index (χ3v) is 6.19. The number of ether oxygens (including phenoxy) is 1. The van der Waals surface area contributed by atoms with Crippen LogP contribution in [0.2, 0.25) is 0 Å². The number of rotatable bonds is 0. The second-order valence-electron chi connectivity index (χ2n) is 8.48. The number of hydrogen-bond donors (Lipinski definition) is 1. The van der Waals surface area contributed by atoms with Crippen LogP contribution >= 0.6 is 0 Å². The molecule has 0 unspecified atom stereocenters. The van der Waals surface area contributed by atoms with Crippen molar-refractivity contribution in [2.24, 2.45) is 0 Å². The maximum absolute atomic E-state index is 12.3. The molecule has 1 aromatic heterocycles. The summed E-state index contributed by atoms with van der Waals surface area (Å²) in [4.78, 5) is 15.9. The molecule has 2 aromatic rings. The number of nitrogens with one attached hydrogen (secondary N) is 1. The Morgan fingerprint density at radius 1 is 0.750 bits per heavy atom. The quantitative estimate of drug-likeness (QED) is 0.380. The van der Waals surface area contributed by atoms with E-state index in [1.807, 2.05) is 12.1 Å². The molecule has 1 aromatic carbocycles. The van der Waals surface area contributed by atoms with E-state index in [1.54, 1.807) is 0 Å². The predicted molar refractivity (Wildman–Crippen MR) is 117 cm³/mol. The molecule has 0 aliphatic carbocycles. The molecule has 2 bridgehead atoms. The smallest absolute Gasteiger partial charge is 0.311 e. The molecule has 3 rings (SSSR count). The van der Waals surface area contributed by atoms with E-state index in [4.69, 9.17) is 4.74 Å². The van der Waals surface area contributed by atoms with E-state index in [-0.39, 0.29) is 5.97 Å². The highest BCUT2D eigenvalue weighted by molar-refractivity contribution is 5.91. The second-order valence-corrected chi connectivity index (χ2v) is 8.48. The number of H-pyrrole nitrogens is 1. The molecular formula is C25H37NO2.